The molecule has 1 aromatic heterocycles. The Morgan fingerprint density at radius 1 is 1.53 bits per heavy atom. The molecule has 0 saturated carbocycles. The van der Waals surface area contributed by atoms with Gasteiger partial charge in [0.2, 0.25) is 10.0 Å². The van der Waals surface area contributed by atoms with Crippen LogP contribution < -0.4 is 0 Å². The van der Waals surface area contributed by atoms with Crippen LogP contribution in [0.2, 0.25) is 8.67 Å². The van der Waals surface area contributed by atoms with E-state index in [1.165, 1.54) is 10.4 Å². The molecule has 9 heteroatoms. The van der Waals surface area contributed by atoms with E-state index in [-0.39, 0.29) is 28.2 Å². The number of thiophene rings is 1. The van der Waals surface area contributed by atoms with Gasteiger partial charge in [-0.25, -0.2) is 8.42 Å². The van der Waals surface area contributed by atoms with Gasteiger partial charge < -0.3 is 5.11 Å². The normalized spacial score (nSPS) is 19.1. The zero-order valence-corrected chi connectivity index (χ0v) is 13.0. The molecular formula is C10H11Cl2NO4S2. The van der Waals surface area contributed by atoms with E-state index in [2.05, 4.69) is 0 Å². The molecule has 106 valence electrons. The zero-order chi connectivity index (χ0) is 14.4. The van der Waals surface area contributed by atoms with Crippen molar-refractivity contribution in [1.29, 1.82) is 0 Å². The number of rotatable bonds is 4. The van der Waals surface area contributed by atoms with Gasteiger partial charge in [-0.05, 0) is 12.0 Å². The van der Waals surface area contributed by atoms with Gasteiger partial charge >= 0.3 is 5.97 Å². The number of aliphatic carboxylic acids is 1. The van der Waals surface area contributed by atoms with E-state index in [0.29, 0.717) is 4.34 Å². The van der Waals surface area contributed by atoms with E-state index in [1.54, 1.807) is 6.92 Å². The Hall–Kier alpha value is -0.340. The Balaban J connectivity index is 2.13. The minimum absolute atomic E-state index is 0.00871. The number of carboxylic acids is 1. The average molecular weight is 344 g/mol. The molecule has 1 aliphatic rings. The first-order valence-electron chi connectivity index (χ1n) is 5.41. The fourth-order valence-corrected chi connectivity index (χ4v) is 5.49. The Labute approximate surface area is 124 Å². The fraction of sp³-hybridized carbons (Fsp3) is 0.500. The van der Waals surface area contributed by atoms with Gasteiger partial charge in [0.05, 0.1) is 10.3 Å². The lowest BCUT2D eigenvalue weighted by Gasteiger charge is -2.39. The Morgan fingerprint density at radius 3 is 2.53 bits per heavy atom. The van der Waals surface area contributed by atoms with Crippen molar-refractivity contribution in [3.05, 3.63) is 14.7 Å². The molecule has 1 fully saturated rings. The standard InChI is InChI=1S/C10H11Cl2NO4S2/c1-5(10(14)15)6-3-13(4-6)19(16,17)7-2-8(11)18-9(7)12/h2,5-6H,3-4H2,1H3,(H,14,15). The van der Waals surface area contributed by atoms with Gasteiger partial charge in [-0.2, -0.15) is 4.31 Å². The molecule has 0 spiro atoms. The molecular weight excluding hydrogens is 333 g/mol. The Kier molecular flexibility index (Phi) is 4.13. The van der Waals surface area contributed by atoms with E-state index in [9.17, 15) is 13.2 Å². The smallest absolute Gasteiger partial charge is 0.306 e. The van der Waals surface area contributed by atoms with Gasteiger partial charge in [0.25, 0.3) is 0 Å². The highest BCUT2D eigenvalue weighted by Gasteiger charge is 2.42. The highest BCUT2D eigenvalue weighted by Crippen LogP contribution is 2.38. The largest absolute Gasteiger partial charge is 0.481 e. The maximum atomic E-state index is 12.2. The van der Waals surface area contributed by atoms with Crippen LogP contribution in [-0.2, 0) is 14.8 Å². The summed E-state index contributed by atoms with van der Waals surface area (Å²) < 4.78 is 26.1. The van der Waals surface area contributed by atoms with Crippen molar-refractivity contribution in [3.63, 3.8) is 0 Å². The summed E-state index contributed by atoms with van der Waals surface area (Å²) in [5, 5.41) is 8.87. The molecule has 0 aromatic carbocycles. The molecule has 2 heterocycles. The summed E-state index contributed by atoms with van der Waals surface area (Å²) >= 11 is 12.6. The molecule has 0 amide bonds. The predicted molar refractivity (Wildman–Crippen MR) is 73.4 cm³/mol. The summed E-state index contributed by atoms with van der Waals surface area (Å²) in [4.78, 5) is 10.8. The SMILES string of the molecule is CC(C(=O)O)C1CN(S(=O)(=O)c2cc(Cl)sc2Cl)C1. The molecule has 1 aromatic rings. The average Bonchev–Trinajstić information content (AvgIpc) is 2.55. The minimum Gasteiger partial charge on any atom is -0.481 e. The lowest BCUT2D eigenvalue weighted by atomic mass is 9.89. The molecule has 1 saturated heterocycles. The first-order valence-corrected chi connectivity index (χ1v) is 8.42. The van der Waals surface area contributed by atoms with E-state index in [1.807, 2.05) is 0 Å². The van der Waals surface area contributed by atoms with E-state index in [4.69, 9.17) is 28.3 Å². The van der Waals surface area contributed by atoms with Crippen molar-refractivity contribution < 1.29 is 18.3 Å². The van der Waals surface area contributed by atoms with Crippen LogP contribution in [0.1, 0.15) is 6.92 Å². The molecule has 0 aliphatic carbocycles. The van der Waals surface area contributed by atoms with Crippen LogP contribution in [0.15, 0.2) is 11.0 Å². The second kappa shape index (κ2) is 5.21. The highest BCUT2D eigenvalue weighted by molar-refractivity contribution is 7.89. The van der Waals surface area contributed by atoms with Crippen molar-refractivity contribution in [1.82, 2.24) is 4.31 Å². The molecule has 0 radical (unpaired) electrons. The molecule has 2 rings (SSSR count). The van der Waals surface area contributed by atoms with Crippen LogP contribution in [0.3, 0.4) is 0 Å². The second-order valence-corrected chi connectivity index (χ2v) is 8.59. The third kappa shape index (κ3) is 2.75. The summed E-state index contributed by atoms with van der Waals surface area (Å²) in [7, 11) is -3.67. The molecule has 1 N–H and O–H groups in total. The van der Waals surface area contributed by atoms with Gasteiger partial charge in [0.15, 0.2) is 0 Å². The first kappa shape index (κ1) is 15.1. The number of hydrogen-bond donors (Lipinski definition) is 1. The molecule has 1 unspecified atom stereocenters. The minimum atomic E-state index is -3.67. The molecule has 0 bridgehead atoms. The van der Waals surface area contributed by atoms with Crippen molar-refractivity contribution in [3.8, 4) is 0 Å². The number of halogens is 2. The number of carbonyl (C=O) groups is 1. The third-order valence-electron chi connectivity index (χ3n) is 3.22. The molecule has 1 atom stereocenters. The van der Waals surface area contributed by atoms with E-state index < -0.39 is 21.9 Å². The van der Waals surface area contributed by atoms with E-state index >= 15 is 0 Å². The van der Waals surface area contributed by atoms with Gasteiger partial charge in [-0.1, -0.05) is 30.1 Å². The van der Waals surface area contributed by atoms with Crippen LogP contribution in [0.5, 0.6) is 0 Å². The highest BCUT2D eigenvalue weighted by atomic mass is 35.5. The monoisotopic (exact) mass is 343 g/mol. The maximum Gasteiger partial charge on any atom is 0.306 e. The topological polar surface area (TPSA) is 74.7 Å². The summed E-state index contributed by atoms with van der Waals surface area (Å²) in [5.74, 6) is -1.65. The zero-order valence-electron chi connectivity index (χ0n) is 9.84. The van der Waals surface area contributed by atoms with Gasteiger partial charge in [-0.3, -0.25) is 4.79 Å². The van der Waals surface area contributed by atoms with Crippen LogP contribution in [0.25, 0.3) is 0 Å². The quantitative estimate of drug-likeness (QED) is 0.910. The second-order valence-electron chi connectivity index (χ2n) is 4.40. The van der Waals surface area contributed by atoms with Crippen molar-refractivity contribution in [2.75, 3.05) is 13.1 Å². The summed E-state index contributed by atoms with van der Waals surface area (Å²) in [5.41, 5.74) is 0. The number of carboxylic acid groups (broad SMARTS) is 1. The number of sulfonamides is 1. The van der Waals surface area contributed by atoms with Gasteiger partial charge in [0, 0.05) is 13.1 Å². The van der Waals surface area contributed by atoms with Gasteiger partial charge in [-0.15, -0.1) is 11.3 Å². The number of nitrogens with zero attached hydrogens (tertiary/aromatic N) is 1. The maximum absolute atomic E-state index is 12.2. The summed E-state index contributed by atoms with van der Waals surface area (Å²) in [6.45, 7) is 1.96. The fourth-order valence-electron chi connectivity index (χ4n) is 1.82. The van der Waals surface area contributed by atoms with Crippen LogP contribution in [0.4, 0.5) is 0 Å². The summed E-state index contributed by atoms with van der Waals surface area (Å²) in [6, 6.07) is 1.32. The molecule has 1 aliphatic heterocycles. The van der Waals surface area contributed by atoms with Crippen LogP contribution in [0, 0.1) is 11.8 Å². The predicted octanol–water partition coefficient (Wildman–Crippen LogP) is 2.40. The molecule has 19 heavy (non-hydrogen) atoms. The van der Waals surface area contributed by atoms with Gasteiger partial charge in [0.1, 0.15) is 9.23 Å². The van der Waals surface area contributed by atoms with E-state index in [0.717, 1.165) is 11.3 Å². The molecule has 5 nitrogen and oxygen atoms in total. The summed E-state index contributed by atoms with van der Waals surface area (Å²) in [6.07, 6.45) is 0. The number of hydrogen-bond acceptors (Lipinski definition) is 4. The van der Waals surface area contributed by atoms with Crippen molar-refractivity contribution in [2.45, 2.75) is 11.8 Å². The van der Waals surface area contributed by atoms with Crippen LogP contribution in [-0.4, -0.2) is 36.9 Å². The Morgan fingerprint density at radius 2 is 2.11 bits per heavy atom. The van der Waals surface area contributed by atoms with Crippen molar-refractivity contribution >= 4 is 50.5 Å². The van der Waals surface area contributed by atoms with Crippen molar-refractivity contribution in [2.24, 2.45) is 11.8 Å². The Bertz CT molecular complexity index is 607. The lowest BCUT2D eigenvalue weighted by molar-refractivity contribution is -0.144. The first-order chi connectivity index (χ1) is 8.73. The van der Waals surface area contributed by atoms with Crippen LogP contribution >= 0.6 is 34.5 Å². The third-order valence-corrected chi connectivity index (χ3v) is 6.80. The lowest BCUT2D eigenvalue weighted by Crippen LogP contribution is -2.53.